The van der Waals surface area contributed by atoms with E-state index >= 15 is 0 Å². The van der Waals surface area contributed by atoms with Gasteiger partial charge in [-0.3, -0.25) is 5.01 Å². The van der Waals surface area contributed by atoms with E-state index in [-0.39, 0.29) is 5.28 Å². The molecule has 1 aromatic heterocycles. The fourth-order valence-electron chi connectivity index (χ4n) is 2.14. The molecule has 1 aliphatic rings. The molecule has 0 saturated carbocycles. The maximum atomic E-state index is 5.83. The summed E-state index contributed by atoms with van der Waals surface area (Å²) < 4.78 is 0. The molecular weight excluding hydrogens is 260 g/mol. The lowest BCUT2D eigenvalue weighted by molar-refractivity contribution is 0.757. The van der Waals surface area contributed by atoms with Crippen LogP contribution in [0.25, 0.3) is 17.3 Å². The minimum atomic E-state index is 0.266. The van der Waals surface area contributed by atoms with E-state index in [2.05, 4.69) is 39.5 Å². The molecule has 2 heterocycles. The Kier molecular flexibility index (Phi) is 3.09. The Morgan fingerprint density at radius 3 is 3.00 bits per heavy atom. The largest absolute Gasteiger partial charge is 0.306 e. The van der Waals surface area contributed by atoms with E-state index < -0.39 is 0 Å². The lowest BCUT2D eigenvalue weighted by atomic mass is 10.0. The van der Waals surface area contributed by atoms with Crippen LogP contribution in [0.1, 0.15) is 12.5 Å². The molecule has 4 nitrogen and oxygen atoms in total. The second-order valence-corrected chi connectivity index (χ2v) is 4.53. The second-order valence-electron chi connectivity index (χ2n) is 4.19. The molecule has 3 rings (SSSR count). The lowest BCUT2D eigenvalue weighted by Gasteiger charge is -2.28. The van der Waals surface area contributed by atoms with Crippen LogP contribution in [0, 0.1) is 0 Å². The van der Waals surface area contributed by atoms with E-state index in [0.717, 1.165) is 29.1 Å². The number of nitrogens with one attached hydrogen (secondary N) is 1. The molecule has 19 heavy (non-hydrogen) atoms. The number of hydrogen-bond acceptors (Lipinski definition) is 4. The van der Waals surface area contributed by atoms with Crippen molar-refractivity contribution < 1.29 is 0 Å². The van der Waals surface area contributed by atoms with E-state index in [0.29, 0.717) is 0 Å². The molecule has 0 amide bonds. The molecule has 0 bridgehead atoms. The number of anilines is 1. The standard InChI is InChI=1S/C14H13ClN4/c1-2-19-13-4-3-10(9-11(13)5-8-17-19)12-6-7-16-14(15)18-12/h3-9,17H,2H2,1H3. The van der Waals surface area contributed by atoms with E-state index in [1.807, 2.05) is 24.4 Å². The summed E-state index contributed by atoms with van der Waals surface area (Å²) in [5.74, 6) is 0. The highest BCUT2D eigenvalue weighted by Crippen LogP contribution is 2.29. The minimum Gasteiger partial charge on any atom is -0.306 e. The Balaban J connectivity index is 2.05. The van der Waals surface area contributed by atoms with Crippen molar-refractivity contribution in [1.82, 2.24) is 15.4 Å². The third-order valence-electron chi connectivity index (χ3n) is 3.05. The van der Waals surface area contributed by atoms with Crippen molar-refractivity contribution in [2.45, 2.75) is 6.92 Å². The van der Waals surface area contributed by atoms with Gasteiger partial charge in [0.2, 0.25) is 5.28 Å². The average Bonchev–Trinajstić information content (AvgIpc) is 2.46. The van der Waals surface area contributed by atoms with Crippen LogP contribution >= 0.6 is 11.6 Å². The fourth-order valence-corrected chi connectivity index (χ4v) is 2.28. The highest BCUT2D eigenvalue weighted by atomic mass is 35.5. The van der Waals surface area contributed by atoms with Gasteiger partial charge in [0, 0.05) is 30.1 Å². The van der Waals surface area contributed by atoms with Crippen LogP contribution in [-0.4, -0.2) is 16.5 Å². The van der Waals surface area contributed by atoms with E-state index in [1.54, 1.807) is 6.20 Å². The fraction of sp³-hybridized carbons (Fsp3) is 0.143. The normalized spacial score (nSPS) is 13.1. The molecule has 0 saturated heterocycles. The molecule has 0 spiro atoms. The molecule has 1 aliphatic heterocycles. The van der Waals surface area contributed by atoms with Gasteiger partial charge in [0.25, 0.3) is 0 Å². The Labute approximate surface area is 116 Å². The van der Waals surface area contributed by atoms with Crippen LogP contribution in [0.2, 0.25) is 5.28 Å². The third-order valence-corrected chi connectivity index (χ3v) is 3.23. The maximum absolute atomic E-state index is 5.83. The maximum Gasteiger partial charge on any atom is 0.222 e. The minimum absolute atomic E-state index is 0.266. The summed E-state index contributed by atoms with van der Waals surface area (Å²) in [6, 6.07) is 8.09. The highest BCUT2D eigenvalue weighted by molar-refractivity contribution is 6.28. The predicted octanol–water partition coefficient (Wildman–Crippen LogP) is 3.11. The number of rotatable bonds is 2. The average molecular weight is 273 g/mol. The van der Waals surface area contributed by atoms with E-state index in [9.17, 15) is 0 Å². The Morgan fingerprint density at radius 2 is 2.21 bits per heavy atom. The SMILES string of the molecule is CCN1NC=Cc2cc(-c3ccnc(Cl)n3)ccc21. The quantitative estimate of drug-likeness (QED) is 0.853. The van der Waals surface area contributed by atoms with Gasteiger partial charge in [-0.1, -0.05) is 6.07 Å². The monoisotopic (exact) mass is 272 g/mol. The van der Waals surface area contributed by atoms with Crippen LogP contribution < -0.4 is 10.4 Å². The first-order valence-electron chi connectivity index (χ1n) is 6.11. The van der Waals surface area contributed by atoms with Gasteiger partial charge in [-0.15, -0.1) is 0 Å². The number of fused-ring (bicyclic) bond motifs is 1. The molecule has 1 aromatic carbocycles. The van der Waals surface area contributed by atoms with E-state index in [1.165, 1.54) is 0 Å². The summed E-state index contributed by atoms with van der Waals surface area (Å²) >= 11 is 5.83. The first kappa shape index (κ1) is 12.0. The van der Waals surface area contributed by atoms with Crippen LogP contribution in [0.5, 0.6) is 0 Å². The van der Waals surface area contributed by atoms with Crippen LogP contribution in [-0.2, 0) is 0 Å². The van der Waals surface area contributed by atoms with Gasteiger partial charge >= 0.3 is 0 Å². The first-order valence-corrected chi connectivity index (χ1v) is 6.49. The number of hydrazine groups is 1. The van der Waals surface area contributed by atoms with Crippen molar-refractivity contribution in [2.24, 2.45) is 0 Å². The number of halogens is 1. The van der Waals surface area contributed by atoms with Crippen molar-refractivity contribution in [3.8, 4) is 11.3 Å². The lowest BCUT2D eigenvalue weighted by Crippen LogP contribution is -2.36. The second kappa shape index (κ2) is 4.90. The molecular formula is C14H13ClN4. The molecule has 0 radical (unpaired) electrons. The predicted molar refractivity (Wildman–Crippen MR) is 77.7 cm³/mol. The van der Waals surface area contributed by atoms with Gasteiger partial charge in [0.15, 0.2) is 0 Å². The zero-order chi connectivity index (χ0) is 13.2. The smallest absolute Gasteiger partial charge is 0.222 e. The van der Waals surface area contributed by atoms with Crippen molar-refractivity contribution in [1.29, 1.82) is 0 Å². The van der Waals surface area contributed by atoms with Gasteiger partial charge in [0.05, 0.1) is 11.4 Å². The summed E-state index contributed by atoms with van der Waals surface area (Å²) in [4.78, 5) is 8.13. The zero-order valence-electron chi connectivity index (χ0n) is 10.5. The van der Waals surface area contributed by atoms with Gasteiger partial charge < -0.3 is 5.43 Å². The van der Waals surface area contributed by atoms with Crippen LogP contribution in [0.4, 0.5) is 5.69 Å². The molecule has 5 heteroatoms. The molecule has 2 aromatic rings. The summed E-state index contributed by atoms with van der Waals surface area (Å²) in [5.41, 5.74) is 7.38. The summed E-state index contributed by atoms with van der Waals surface area (Å²) in [5, 5.41) is 2.36. The number of benzene rings is 1. The summed E-state index contributed by atoms with van der Waals surface area (Å²) in [6.07, 6.45) is 5.65. The molecule has 0 aliphatic carbocycles. The Morgan fingerprint density at radius 1 is 1.32 bits per heavy atom. The van der Waals surface area contributed by atoms with Crippen LogP contribution in [0.15, 0.2) is 36.7 Å². The molecule has 0 atom stereocenters. The van der Waals surface area contributed by atoms with Gasteiger partial charge in [0.1, 0.15) is 0 Å². The number of nitrogens with zero attached hydrogens (tertiary/aromatic N) is 3. The van der Waals surface area contributed by atoms with Crippen molar-refractivity contribution >= 4 is 23.4 Å². The van der Waals surface area contributed by atoms with Crippen molar-refractivity contribution in [2.75, 3.05) is 11.6 Å². The molecule has 96 valence electrons. The highest BCUT2D eigenvalue weighted by Gasteiger charge is 2.12. The number of hydrogen-bond donors (Lipinski definition) is 1. The molecule has 1 N–H and O–H groups in total. The third kappa shape index (κ3) is 2.27. The Hall–Kier alpha value is -2.07. The van der Waals surface area contributed by atoms with Crippen LogP contribution in [0.3, 0.4) is 0 Å². The van der Waals surface area contributed by atoms with E-state index in [4.69, 9.17) is 11.6 Å². The van der Waals surface area contributed by atoms with Crippen molar-refractivity contribution in [3.05, 3.63) is 47.5 Å². The molecule has 0 fully saturated rings. The Bertz CT molecular complexity index is 639. The summed E-state index contributed by atoms with van der Waals surface area (Å²) in [6.45, 7) is 3.00. The summed E-state index contributed by atoms with van der Waals surface area (Å²) in [7, 11) is 0. The van der Waals surface area contributed by atoms with Crippen molar-refractivity contribution in [3.63, 3.8) is 0 Å². The van der Waals surface area contributed by atoms with Gasteiger partial charge in [-0.05, 0) is 42.8 Å². The first-order chi connectivity index (χ1) is 9.28. The molecule has 0 unspecified atom stereocenters. The van der Waals surface area contributed by atoms with Gasteiger partial charge in [-0.2, -0.15) is 0 Å². The topological polar surface area (TPSA) is 41.0 Å². The number of aromatic nitrogens is 2. The van der Waals surface area contributed by atoms with Gasteiger partial charge in [-0.25, -0.2) is 9.97 Å². The zero-order valence-corrected chi connectivity index (χ0v) is 11.2.